The van der Waals surface area contributed by atoms with Crippen LogP contribution in [0.3, 0.4) is 0 Å². The third-order valence-corrected chi connectivity index (χ3v) is 8.45. The molecule has 5 aromatic carbocycles. The van der Waals surface area contributed by atoms with Crippen LogP contribution in [0.4, 0.5) is 0 Å². The molecular weight excluding hydrogens is 540 g/mol. The van der Waals surface area contributed by atoms with Crippen molar-refractivity contribution in [3.63, 3.8) is 0 Å². The van der Waals surface area contributed by atoms with Gasteiger partial charge in [-0.1, -0.05) is 60.7 Å². The predicted octanol–water partition coefficient (Wildman–Crippen LogP) is 8.84. The fourth-order valence-electron chi connectivity index (χ4n) is 6.67. The van der Waals surface area contributed by atoms with Gasteiger partial charge in [-0.05, 0) is 75.2 Å². The lowest BCUT2D eigenvalue weighted by atomic mass is 10.0. The summed E-state index contributed by atoms with van der Waals surface area (Å²) in [5.74, 6) is 1.86. The molecule has 0 fully saturated rings. The number of para-hydroxylation sites is 2. The zero-order valence-electron chi connectivity index (χ0n) is 24.9. The van der Waals surface area contributed by atoms with Crippen LogP contribution in [0, 0.1) is 39.0 Å². The molecule has 210 valence electrons. The normalized spacial score (nSPS) is 11.6. The molecule has 8 rings (SSSR count). The van der Waals surface area contributed by atoms with Crippen molar-refractivity contribution >= 4 is 43.6 Å². The molecule has 0 radical (unpaired) electrons. The van der Waals surface area contributed by atoms with Gasteiger partial charge in [0.2, 0.25) is 0 Å². The van der Waals surface area contributed by atoms with Gasteiger partial charge in [-0.2, -0.15) is 5.26 Å². The van der Waals surface area contributed by atoms with E-state index in [4.69, 9.17) is 9.97 Å². The zero-order chi connectivity index (χ0) is 30.1. The number of nitrogens with zero attached hydrogens (tertiary/aromatic N) is 6. The molecule has 0 saturated carbocycles. The Morgan fingerprint density at radius 3 is 1.45 bits per heavy atom. The number of benzene rings is 5. The predicted molar refractivity (Wildman–Crippen MR) is 178 cm³/mol. The van der Waals surface area contributed by atoms with E-state index in [1.807, 2.05) is 26.0 Å². The summed E-state index contributed by atoms with van der Waals surface area (Å²) in [4.78, 5) is 14.4. The molecule has 0 bridgehead atoms. The fraction of sp³-hybridized carbons (Fsp3) is 0.105. The number of hydrogen-bond donors (Lipinski definition) is 0. The third kappa shape index (κ3) is 3.83. The lowest BCUT2D eigenvalue weighted by molar-refractivity contribution is 0.924. The van der Waals surface area contributed by atoms with Crippen LogP contribution in [-0.2, 0) is 0 Å². The third-order valence-electron chi connectivity index (χ3n) is 8.45. The van der Waals surface area contributed by atoms with Gasteiger partial charge in [-0.3, -0.25) is 0 Å². The van der Waals surface area contributed by atoms with Crippen LogP contribution in [0.1, 0.15) is 28.3 Å². The summed E-state index contributed by atoms with van der Waals surface area (Å²) in [6, 6.07) is 36.4. The summed E-state index contributed by atoms with van der Waals surface area (Å²) in [5.41, 5.74) is 9.63. The molecule has 0 N–H and O–H groups in total. The van der Waals surface area contributed by atoms with Gasteiger partial charge >= 0.3 is 0 Å². The summed E-state index contributed by atoms with van der Waals surface area (Å²) in [7, 11) is 0. The molecule has 8 aromatic rings. The van der Waals surface area contributed by atoms with Gasteiger partial charge in [-0.15, -0.1) is 0 Å². The summed E-state index contributed by atoms with van der Waals surface area (Å²) in [5, 5.41) is 15.1. The van der Waals surface area contributed by atoms with Crippen LogP contribution in [-0.4, -0.2) is 24.1 Å². The lowest BCUT2D eigenvalue weighted by Gasteiger charge is -2.20. The Balaban J connectivity index is 1.63. The van der Waals surface area contributed by atoms with Crippen LogP contribution >= 0.6 is 0 Å². The highest BCUT2D eigenvalue weighted by molar-refractivity contribution is 6.12. The molecule has 0 saturated heterocycles. The maximum Gasteiger partial charge on any atom is 0.167 e. The Bertz CT molecular complexity index is 2350. The largest absolute Gasteiger partial charge is 0.308 e. The van der Waals surface area contributed by atoms with Crippen molar-refractivity contribution in [1.29, 1.82) is 5.26 Å². The molecule has 0 unspecified atom stereocenters. The van der Waals surface area contributed by atoms with E-state index >= 15 is 0 Å². The first-order valence-corrected chi connectivity index (χ1v) is 14.7. The highest BCUT2D eigenvalue weighted by Gasteiger charge is 2.25. The molecule has 3 heterocycles. The summed E-state index contributed by atoms with van der Waals surface area (Å²) < 4.78 is 4.54. The Hall–Kier alpha value is -5.80. The topological polar surface area (TPSA) is 72.3 Å². The van der Waals surface area contributed by atoms with Gasteiger partial charge < -0.3 is 9.13 Å². The fourth-order valence-corrected chi connectivity index (χ4v) is 6.67. The van der Waals surface area contributed by atoms with Crippen molar-refractivity contribution in [3.05, 3.63) is 125 Å². The number of hydrogen-bond acceptors (Lipinski definition) is 4. The van der Waals surface area contributed by atoms with Gasteiger partial charge in [-0.25, -0.2) is 15.0 Å². The Morgan fingerprint density at radius 2 is 0.977 bits per heavy atom. The second-order valence-electron chi connectivity index (χ2n) is 11.5. The summed E-state index contributed by atoms with van der Waals surface area (Å²) in [6.45, 7) is 8.01. The van der Waals surface area contributed by atoms with Crippen LogP contribution in [0.15, 0.2) is 97.1 Å². The smallest absolute Gasteiger partial charge is 0.167 e. The molecule has 0 aliphatic rings. The molecule has 6 nitrogen and oxygen atoms in total. The average molecular weight is 569 g/mol. The van der Waals surface area contributed by atoms with E-state index < -0.39 is 0 Å². The number of rotatable bonds is 3. The van der Waals surface area contributed by atoms with Crippen molar-refractivity contribution in [1.82, 2.24) is 24.1 Å². The molecule has 0 aliphatic heterocycles. The van der Waals surface area contributed by atoms with E-state index in [2.05, 4.69) is 119 Å². The van der Waals surface area contributed by atoms with Crippen LogP contribution < -0.4 is 0 Å². The van der Waals surface area contributed by atoms with E-state index in [1.165, 1.54) is 0 Å². The molecule has 3 aromatic heterocycles. The zero-order valence-corrected chi connectivity index (χ0v) is 24.9. The minimum absolute atomic E-state index is 0.554. The Labute approximate surface area is 254 Å². The van der Waals surface area contributed by atoms with Gasteiger partial charge in [0.15, 0.2) is 5.82 Å². The van der Waals surface area contributed by atoms with Crippen molar-refractivity contribution in [2.75, 3.05) is 0 Å². The van der Waals surface area contributed by atoms with Crippen LogP contribution in [0.25, 0.3) is 66.4 Å². The molecule has 44 heavy (non-hydrogen) atoms. The van der Waals surface area contributed by atoms with Gasteiger partial charge in [0.25, 0.3) is 0 Å². The molecule has 0 aliphatic carbocycles. The second kappa shape index (κ2) is 9.62. The van der Waals surface area contributed by atoms with E-state index in [0.717, 1.165) is 71.7 Å². The van der Waals surface area contributed by atoms with Crippen molar-refractivity contribution in [3.8, 4) is 28.8 Å². The molecule has 0 spiro atoms. The quantitative estimate of drug-likeness (QED) is 0.213. The second-order valence-corrected chi connectivity index (χ2v) is 11.5. The highest BCUT2D eigenvalue weighted by Crippen LogP contribution is 2.42. The first-order chi connectivity index (χ1) is 21.4. The minimum atomic E-state index is 0.554. The first kappa shape index (κ1) is 25.9. The molecule has 0 amide bonds. The minimum Gasteiger partial charge on any atom is -0.308 e. The Kier molecular flexibility index (Phi) is 5.65. The Morgan fingerprint density at radius 1 is 0.523 bits per heavy atom. The number of aromatic nitrogens is 5. The first-order valence-electron chi connectivity index (χ1n) is 14.7. The number of fused-ring (bicyclic) bond motifs is 6. The summed E-state index contributed by atoms with van der Waals surface area (Å²) in [6.07, 6.45) is 0. The maximum atomic E-state index is 10.5. The number of aryl methyl sites for hydroxylation is 4. The van der Waals surface area contributed by atoms with E-state index in [0.29, 0.717) is 23.0 Å². The van der Waals surface area contributed by atoms with E-state index in [-0.39, 0.29) is 0 Å². The average Bonchev–Trinajstić information content (AvgIpc) is 3.51. The van der Waals surface area contributed by atoms with Crippen molar-refractivity contribution in [2.24, 2.45) is 0 Å². The molecular formula is C38H28N6. The van der Waals surface area contributed by atoms with Gasteiger partial charge in [0.05, 0.1) is 50.6 Å². The molecule has 0 atom stereocenters. The van der Waals surface area contributed by atoms with Crippen LogP contribution in [0.2, 0.25) is 0 Å². The SMILES string of the molecule is Cc1ccc2c3ccccc3n(-c3cc(C#N)cc(-n4c5ccccc5c5ccc(C)cc54)c3-c3nc(C)nc(C)n3)c2c1. The monoisotopic (exact) mass is 568 g/mol. The van der Waals surface area contributed by atoms with E-state index in [9.17, 15) is 5.26 Å². The number of nitriles is 1. The molecule has 6 heteroatoms. The summed E-state index contributed by atoms with van der Waals surface area (Å²) >= 11 is 0. The highest BCUT2D eigenvalue weighted by atomic mass is 15.1. The van der Waals surface area contributed by atoms with Gasteiger partial charge in [0.1, 0.15) is 11.6 Å². The van der Waals surface area contributed by atoms with Crippen molar-refractivity contribution < 1.29 is 0 Å². The van der Waals surface area contributed by atoms with Crippen LogP contribution in [0.5, 0.6) is 0 Å². The lowest BCUT2D eigenvalue weighted by Crippen LogP contribution is -2.08. The maximum absolute atomic E-state index is 10.5. The van der Waals surface area contributed by atoms with E-state index in [1.54, 1.807) is 0 Å². The van der Waals surface area contributed by atoms with Gasteiger partial charge in [0, 0.05) is 21.5 Å². The standard InChI is InChI=1S/C38H28N6/c1-22-13-15-29-27-9-5-7-11-31(27)43(33(29)17-22)35-19-26(21-39)20-36(37(35)38-41-24(3)40-25(4)42-38)44-32-12-8-6-10-28(32)30-16-14-23(2)18-34(30)44/h5-20H,1-4H3. The van der Waals surface area contributed by atoms with Crippen molar-refractivity contribution in [2.45, 2.75) is 27.7 Å².